The van der Waals surface area contributed by atoms with Gasteiger partial charge in [-0.2, -0.15) is 0 Å². The van der Waals surface area contributed by atoms with Crippen LogP contribution in [-0.2, 0) is 4.79 Å². The maximum atomic E-state index is 10.9. The Morgan fingerprint density at radius 3 is 2.77 bits per heavy atom. The third-order valence-corrected chi connectivity index (χ3v) is 1.90. The fourth-order valence-electron chi connectivity index (χ4n) is 0.883. The highest BCUT2D eigenvalue weighted by Crippen LogP contribution is 2.25. The van der Waals surface area contributed by atoms with E-state index in [4.69, 9.17) is 16.3 Å². The molecule has 0 saturated heterocycles. The van der Waals surface area contributed by atoms with Gasteiger partial charge in [0.15, 0.2) is 0 Å². The van der Waals surface area contributed by atoms with Crippen LogP contribution in [0.25, 0.3) is 0 Å². The van der Waals surface area contributed by atoms with Crippen molar-refractivity contribution in [1.82, 2.24) is 0 Å². The summed E-state index contributed by atoms with van der Waals surface area (Å²) in [6, 6.07) is 5.31. The summed E-state index contributed by atoms with van der Waals surface area (Å²) >= 11 is 5.85. The molecule has 2 nitrogen and oxygen atoms in total. The molecule has 0 aliphatic rings. The fraction of sp³-hybridized carbons (Fsp3) is 0.300. The number of rotatable bonds is 2. The molecule has 0 spiro atoms. The molecule has 0 aliphatic carbocycles. The van der Waals surface area contributed by atoms with Gasteiger partial charge in [0, 0.05) is 6.42 Å². The van der Waals surface area contributed by atoms with Gasteiger partial charge >= 0.3 is 5.97 Å². The van der Waals surface area contributed by atoms with Crippen molar-refractivity contribution in [1.29, 1.82) is 0 Å². The molecule has 70 valence electrons. The van der Waals surface area contributed by atoms with E-state index in [1.807, 2.05) is 13.0 Å². The average molecular weight is 199 g/mol. The van der Waals surface area contributed by atoms with E-state index in [1.165, 1.54) is 0 Å². The molecular weight excluding hydrogens is 188 g/mol. The van der Waals surface area contributed by atoms with Crippen molar-refractivity contribution >= 4 is 17.6 Å². The Kier molecular flexibility index (Phi) is 3.32. The molecule has 0 atom stereocenters. The van der Waals surface area contributed by atoms with Gasteiger partial charge in [-0.3, -0.25) is 4.79 Å². The van der Waals surface area contributed by atoms with Crippen LogP contribution in [0, 0.1) is 6.92 Å². The summed E-state index contributed by atoms with van der Waals surface area (Å²) in [6.45, 7) is 3.67. The Morgan fingerprint density at radius 2 is 2.23 bits per heavy atom. The highest BCUT2D eigenvalue weighted by molar-refractivity contribution is 6.32. The number of aryl methyl sites for hydroxylation is 1. The van der Waals surface area contributed by atoms with Crippen LogP contribution < -0.4 is 4.74 Å². The first-order chi connectivity index (χ1) is 6.13. The van der Waals surface area contributed by atoms with Crippen LogP contribution in [-0.4, -0.2) is 5.97 Å². The lowest BCUT2D eigenvalue weighted by Gasteiger charge is -2.04. The molecule has 0 fully saturated rings. The predicted molar refractivity (Wildman–Crippen MR) is 52.1 cm³/mol. The van der Waals surface area contributed by atoms with Crippen LogP contribution in [0.4, 0.5) is 0 Å². The summed E-state index contributed by atoms with van der Waals surface area (Å²) in [6.07, 6.45) is 0.351. The zero-order chi connectivity index (χ0) is 9.84. The zero-order valence-electron chi connectivity index (χ0n) is 7.63. The molecule has 0 N–H and O–H groups in total. The van der Waals surface area contributed by atoms with E-state index >= 15 is 0 Å². The number of carbonyl (C=O) groups excluding carboxylic acids is 1. The van der Waals surface area contributed by atoms with Crippen LogP contribution in [0.1, 0.15) is 18.9 Å². The lowest BCUT2D eigenvalue weighted by atomic mass is 10.2. The fourth-order valence-corrected chi connectivity index (χ4v) is 1.16. The molecule has 13 heavy (non-hydrogen) atoms. The third-order valence-electron chi connectivity index (χ3n) is 1.60. The second kappa shape index (κ2) is 4.28. The van der Waals surface area contributed by atoms with Gasteiger partial charge in [0.25, 0.3) is 0 Å². The van der Waals surface area contributed by atoms with Crippen LogP contribution in [0.15, 0.2) is 18.2 Å². The molecule has 0 bridgehead atoms. The van der Waals surface area contributed by atoms with Gasteiger partial charge in [-0.05, 0) is 24.6 Å². The molecule has 0 radical (unpaired) electrons. The minimum Gasteiger partial charge on any atom is -0.425 e. The third kappa shape index (κ3) is 2.74. The van der Waals surface area contributed by atoms with Gasteiger partial charge < -0.3 is 4.74 Å². The number of halogens is 1. The molecule has 3 heteroatoms. The lowest BCUT2D eigenvalue weighted by molar-refractivity contribution is -0.134. The van der Waals surface area contributed by atoms with Gasteiger partial charge in [-0.1, -0.05) is 24.6 Å². The van der Waals surface area contributed by atoms with E-state index in [0.29, 0.717) is 17.2 Å². The molecule has 1 rings (SSSR count). The molecule has 0 amide bonds. The largest absolute Gasteiger partial charge is 0.425 e. The maximum Gasteiger partial charge on any atom is 0.310 e. The van der Waals surface area contributed by atoms with Crippen LogP contribution >= 0.6 is 11.6 Å². The summed E-state index contributed by atoms with van der Waals surface area (Å²) in [5.41, 5.74) is 1.04. The van der Waals surface area contributed by atoms with E-state index < -0.39 is 0 Å². The topological polar surface area (TPSA) is 26.3 Å². The summed E-state index contributed by atoms with van der Waals surface area (Å²) in [5.74, 6) is 0.157. The first kappa shape index (κ1) is 10.1. The smallest absolute Gasteiger partial charge is 0.310 e. The van der Waals surface area contributed by atoms with E-state index in [2.05, 4.69) is 0 Å². The lowest BCUT2D eigenvalue weighted by Crippen LogP contribution is -2.05. The number of ether oxygens (including phenoxy) is 1. The number of carbonyl (C=O) groups is 1. The minimum absolute atomic E-state index is 0.272. The Morgan fingerprint density at radius 1 is 1.54 bits per heavy atom. The zero-order valence-corrected chi connectivity index (χ0v) is 8.39. The predicted octanol–water partition coefficient (Wildman–Crippen LogP) is 2.96. The molecule has 1 aromatic rings. The molecule has 1 aromatic carbocycles. The normalized spacial score (nSPS) is 9.77. The first-order valence-electron chi connectivity index (χ1n) is 4.10. The van der Waals surface area contributed by atoms with E-state index in [0.717, 1.165) is 5.56 Å². The highest BCUT2D eigenvalue weighted by atomic mass is 35.5. The average Bonchev–Trinajstić information content (AvgIpc) is 2.09. The van der Waals surface area contributed by atoms with Crippen molar-refractivity contribution in [3.8, 4) is 5.75 Å². The monoisotopic (exact) mass is 198 g/mol. The van der Waals surface area contributed by atoms with E-state index in [9.17, 15) is 4.79 Å². The quantitative estimate of drug-likeness (QED) is 0.540. The Bertz CT molecular complexity index is 321. The van der Waals surface area contributed by atoms with Gasteiger partial charge in [0.2, 0.25) is 0 Å². The Balaban J connectivity index is 2.83. The van der Waals surface area contributed by atoms with Crippen molar-refractivity contribution < 1.29 is 9.53 Å². The Hall–Kier alpha value is -1.02. The maximum absolute atomic E-state index is 10.9. The summed E-state index contributed by atoms with van der Waals surface area (Å²) in [7, 11) is 0. The molecule has 0 saturated carbocycles. The van der Waals surface area contributed by atoms with Crippen molar-refractivity contribution in [3.05, 3.63) is 28.8 Å². The van der Waals surface area contributed by atoms with Gasteiger partial charge in [0.05, 0.1) is 5.02 Å². The number of hydrogen-bond donors (Lipinski definition) is 0. The van der Waals surface area contributed by atoms with Gasteiger partial charge in [-0.15, -0.1) is 0 Å². The highest BCUT2D eigenvalue weighted by Gasteiger charge is 2.05. The minimum atomic E-state index is -0.272. The van der Waals surface area contributed by atoms with Crippen LogP contribution in [0.3, 0.4) is 0 Å². The second-order valence-corrected chi connectivity index (χ2v) is 3.17. The summed E-state index contributed by atoms with van der Waals surface area (Å²) in [5, 5.41) is 0.474. The van der Waals surface area contributed by atoms with Gasteiger partial charge in [0.1, 0.15) is 5.75 Å². The molecule has 0 aliphatic heterocycles. The van der Waals surface area contributed by atoms with Crippen molar-refractivity contribution in [2.75, 3.05) is 0 Å². The first-order valence-corrected chi connectivity index (χ1v) is 4.48. The van der Waals surface area contributed by atoms with Gasteiger partial charge in [-0.25, -0.2) is 0 Å². The molecule has 0 heterocycles. The van der Waals surface area contributed by atoms with E-state index in [1.54, 1.807) is 19.1 Å². The SMILES string of the molecule is CCC(=O)Oc1ccc(C)cc1Cl. The van der Waals surface area contributed by atoms with Crippen molar-refractivity contribution in [3.63, 3.8) is 0 Å². The summed E-state index contributed by atoms with van der Waals surface area (Å²) < 4.78 is 4.98. The van der Waals surface area contributed by atoms with Crippen LogP contribution in [0.2, 0.25) is 5.02 Å². The summed E-state index contributed by atoms with van der Waals surface area (Å²) in [4.78, 5) is 10.9. The second-order valence-electron chi connectivity index (χ2n) is 2.76. The number of esters is 1. The molecular formula is C10H11ClO2. The molecule has 0 unspecified atom stereocenters. The number of hydrogen-bond acceptors (Lipinski definition) is 2. The van der Waals surface area contributed by atoms with Crippen molar-refractivity contribution in [2.45, 2.75) is 20.3 Å². The molecule has 0 aromatic heterocycles. The van der Waals surface area contributed by atoms with Crippen molar-refractivity contribution in [2.24, 2.45) is 0 Å². The Labute approximate surface area is 82.5 Å². The standard InChI is InChI=1S/C10H11ClO2/c1-3-10(12)13-9-5-4-7(2)6-8(9)11/h4-6H,3H2,1-2H3. The number of benzene rings is 1. The van der Waals surface area contributed by atoms with E-state index in [-0.39, 0.29) is 5.97 Å². The van der Waals surface area contributed by atoms with Crippen LogP contribution in [0.5, 0.6) is 5.75 Å².